The summed E-state index contributed by atoms with van der Waals surface area (Å²) >= 11 is 0. The van der Waals surface area contributed by atoms with Crippen molar-refractivity contribution in [2.45, 2.75) is 52.0 Å². The molecule has 0 radical (unpaired) electrons. The Hall–Kier alpha value is -1.10. The van der Waals surface area contributed by atoms with E-state index in [9.17, 15) is 9.59 Å². The molecule has 0 bridgehead atoms. The molecule has 0 aromatic heterocycles. The maximum absolute atomic E-state index is 12.1. The van der Waals surface area contributed by atoms with E-state index in [0.29, 0.717) is 13.0 Å². The first-order valence-corrected chi connectivity index (χ1v) is 7.85. The number of piperidine rings is 1. The van der Waals surface area contributed by atoms with Crippen LogP contribution in [0.1, 0.15) is 46.0 Å². The Kier molecular flexibility index (Phi) is 5.02. The molecule has 0 aromatic rings. The third kappa shape index (κ3) is 3.72. The fourth-order valence-electron chi connectivity index (χ4n) is 3.07. The molecule has 2 fully saturated rings. The number of nitrogens with one attached hydrogen (secondary N) is 3. The first-order chi connectivity index (χ1) is 9.57. The van der Waals surface area contributed by atoms with Crippen molar-refractivity contribution >= 4 is 11.8 Å². The van der Waals surface area contributed by atoms with Crippen molar-refractivity contribution in [3.8, 4) is 0 Å². The third-order valence-electron chi connectivity index (χ3n) is 4.78. The number of carbonyl (C=O) groups excluding carboxylic acids is 2. The average Bonchev–Trinajstić information content (AvgIpc) is 3.12. The van der Waals surface area contributed by atoms with Crippen LogP contribution in [0.5, 0.6) is 0 Å². The van der Waals surface area contributed by atoms with Gasteiger partial charge in [0, 0.05) is 24.9 Å². The second-order valence-corrected chi connectivity index (χ2v) is 6.29. The van der Waals surface area contributed by atoms with Gasteiger partial charge in [0.05, 0.1) is 0 Å². The second-order valence-electron chi connectivity index (χ2n) is 6.29. The van der Waals surface area contributed by atoms with E-state index in [1.54, 1.807) is 0 Å². The van der Waals surface area contributed by atoms with Gasteiger partial charge >= 0.3 is 0 Å². The molecule has 2 aliphatic rings. The molecule has 2 unspecified atom stereocenters. The standard InChI is InChI=1S/C15H27N3O2/c1-3-11(2)18-13(19)4-7-17-14(20)12-10-15(12)5-8-16-9-6-15/h11-12,16H,3-10H2,1-2H3,(H,17,20)(H,18,19). The Labute approximate surface area is 121 Å². The van der Waals surface area contributed by atoms with Gasteiger partial charge in [0.2, 0.25) is 11.8 Å². The third-order valence-corrected chi connectivity index (χ3v) is 4.78. The van der Waals surface area contributed by atoms with Crippen LogP contribution in [0.4, 0.5) is 0 Å². The molecule has 3 N–H and O–H groups in total. The second kappa shape index (κ2) is 6.57. The van der Waals surface area contributed by atoms with E-state index in [-0.39, 0.29) is 29.2 Å². The van der Waals surface area contributed by atoms with E-state index in [4.69, 9.17) is 0 Å². The van der Waals surface area contributed by atoms with Crippen molar-refractivity contribution < 1.29 is 9.59 Å². The minimum absolute atomic E-state index is 0.0204. The molecule has 1 aliphatic carbocycles. The normalized spacial score (nSPS) is 25.0. The molecule has 5 heteroatoms. The van der Waals surface area contributed by atoms with Crippen molar-refractivity contribution in [3.63, 3.8) is 0 Å². The molecule has 1 heterocycles. The van der Waals surface area contributed by atoms with Crippen molar-refractivity contribution in [1.82, 2.24) is 16.0 Å². The number of carbonyl (C=O) groups is 2. The van der Waals surface area contributed by atoms with E-state index in [1.807, 2.05) is 13.8 Å². The Morgan fingerprint density at radius 1 is 1.35 bits per heavy atom. The lowest BCUT2D eigenvalue weighted by molar-refractivity contribution is -0.124. The number of hydrogen-bond donors (Lipinski definition) is 3. The van der Waals surface area contributed by atoms with Gasteiger partial charge in [0.15, 0.2) is 0 Å². The Bertz CT molecular complexity index is 364. The summed E-state index contributed by atoms with van der Waals surface area (Å²) < 4.78 is 0. The summed E-state index contributed by atoms with van der Waals surface area (Å²) in [5, 5.41) is 9.16. The van der Waals surface area contributed by atoms with Crippen LogP contribution in [-0.2, 0) is 9.59 Å². The lowest BCUT2D eigenvalue weighted by Crippen LogP contribution is -2.37. The zero-order valence-electron chi connectivity index (χ0n) is 12.6. The van der Waals surface area contributed by atoms with Gasteiger partial charge < -0.3 is 16.0 Å². The summed E-state index contributed by atoms with van der Waals surface area (Å²) in [5.41, 5.74) is 0.272. The van der Waals surface area contributed by atoms with Gasteiger partial charge in [0.25, 0.3) is 0 Å². The lowest BCUT2D eigenvalue weighted by atomic mass is 9.92. The average molecular weight is 281 g/mol. The van der Waals surface area contributed by atoms with Crippen molar-refractivity contribution in [2.75, 3.05) is 19.6 Å². The van der Waals surface area contributed by atoms with Crippen LogP contribution in [0.15, 0.2) is 0 Å². The molecule has 2 amide bonds. The van der Waals surface area contributed by atoms with Gasteiger partial charge in [-0.3, -0.25) is 9.59 Å². The largest absolute Gasteiger partial charge is 0.355 e. The molecule has 114 valence electrons. The predicted octanol–water partition coefficient (Wildman–Crippen LogP) is 0.797. The summed E-state index contributed by atoms with van der Waals surface area (Å²) in [6.45, 7) is 6.54. The summed E-state index contributed by atoms with van der Waals surface area (Å²) in [6.07, 6.45) is 4.55. The van der Waals surface area contributed by atoms with Crippen molar-refractivity contribution in [2.24, 2.45) is 11.3 Å². The van der Waals surface area contributed by atoms with E-state index in [0.717, 1.165) is 38.8 Å². The maximum Gasteiger partial charge on any atom is 0.223 e. The summed E-state index contributed by atoms with van der Waals surface area (Å²) in [4.78, 5) is 23.7. The summed E-state index contributed by atoms with van der Waals surface area (Å²) in [5.74, 6) is 0.345. The minimum Gasteiger partial charge on any atom is -0.355 e. The molecule has 5 nitrogen and oxygen atoms in total. The highest BCUT2D eigenvalue weighted by atomic mass is 16.2. The van der Waals surface area contributed by atoms with Gasteiger partial charge in [-0.05, 0) is 51.1 Å². The van der Waals surface area contributed by atoms with Crippen molar-refractivity contribution in [1.29, 1.82) is 0 Å². The molecule has 1 spiro atoms. The van der Waals surface area contributed by atoms with Gasteiger partial charge in [0.1, 0.15) is 0 Å². The van der Waals surface area contributed by atoms with Crippen LogP contribution in [-0.4, -0.2) is 37.5 Å². The van der Waals surface area contributed by atoms with Gasteiger partial charge in [-0.25, -0.2) is 0 Å². The molecule has 1 saturated heterocycles. The van der Waals surface area contributed by atoms with Crippen LogP contribution >= 0.6 is 0 Å². The Balaban J connectivity index is 1.63. The number of hydrogen-bond acceptors (Lipinski definition) is 3. The molecule has 2 atom stereocenters. The van der Waals surface area contributed by atoms with E-state index < -0.39 is 0 Å². The van der Waals surface area contributed by atoms with Crippen LogP contribution in [0.25, 0.3) is 0 Å². The molecule has 1 saturated carbocycles. The molecule has 0 aromatic carbocycles. The molecule has 1 aliphatic heterocycles. The van der Waals surface area contributed by atoms with Gasteiger partial charge in [-0.2, -0.15) is 0 Å². The van der Waals surface area contributed by atoms with Crippen LogP contribution in [0.3, 0.4) is 0 Å². The molecule has 2 rings (SSSR count). The molecular weight excluding hydrogens is 254 g/mol. The van der Waals surface area contributed by atoms with Gasteiger partial charge in [-0.15, -0.1) is 0 Å². The zero-order chi connectivity index (χ0) is 14.6. The monoisotopic (exact) mass is 281 g/mol. The van der Waals surface area contributed by atoms with Crippen LogP contribution < -0.4 is 16.0 Å². The fourth-order valence-corrected chi connectivity index (χ4v) is 3.07. The zero-order valence-corrected chi connectivity index (χ0v) is 12.6. The highest BCUT2D eigenvalue weighted by Gasteiger charge is 2.57. The quantitative estimate of drug-likeness (QED) is 0.674. The molecule has 20 heavy (non-hydrogen) atoms. The van der Waals surface area contributed by atoms with Crippen molar-refractivity contribution in [3.05, 3.63) is 0 Å². The lowest BCUT2D eigenvalue weighted by Gasteiger charge is -2.23. The Morgan fingerprint density at radius 2 is 2.05 bits per heavy atom. The smallest absolute Gasteiger partial charge is 0.223 e. The SMILES string of the molecule is CCC(C)NC(=O)CCNC(=O)C1CC12CCNCC2. The number of amides is 2. The molecular formula is C15H27N3O2. The highest BCUT2D eigenvalue weighted by molar-refractivity contribution is 5.83. The van der Waals surface area contributed by atoms with Crippen LogP contribution in [0, 0.1) is 11.3 Å². The maximum atomic E-state index is 12.1. The fraction of sp³-hybridized carbons (Fsp3) is 0.867. The first kappa shape index (κ1) is 15.3. The predicted molar refractivity (Wildman–Crippen MR) is 78.2 cm³/mol. The van der Waals surface area contributed by atoms with Gasteiger partial charge in [-0.1, -0.05) is 6.92 Å². The topological polar surface area (TPSA) is 70.2 Å². The highest BCUT2D eigenvalue weighted by Crippen LogP contribution is 2.58. The van der Waals surface area contributed by atoms with E-state index >= 15 is 0 Å². The van der Waals surface area contributed by atoms with E-state index in [1.165, 1.54) is 0 Å². The minimum atomic E-state index is 0.0204. The Morgan fingerprint density at radius 3 is 2.70 bits per heavy atom. The number of rotatable bonds is 6. The summed E-state index contributed by atoms with van der Waals surface area (Å²) in [6, 6.07) is 0.208. The first-order valence-electron chi connectivity index (χ1n) is 7.85. The van der Waals surface area contributed by atoms with E-state index in [2.05, 4.69) is 16.0 Å². The van der Waals surface area contributed by atoms with Crippen LogP contribution in [0.2, 0.25) is 0 Å². The summed E-state index contributed by atoms with van der Waals surface area (Å²) in [7, 11) is 0.